The zero-order valence-electron chi connectivity index (χ0n) is 20.1. The van der Waals surface area contributed by atoms with Gasteiger partial charge in [-0.3, -0.25) is 14.4 Å². The lowest BCUT2D eigenvalue weighted by atomic mass is 10.1. The van der Waals surface area contributed by atoms with Crippen molar-refractivity contribution in [2.24, 2.45) is 0 Å². The highest BCUT2D eigenvalue weighted by Gasteiger charge is 2.22. The molecule has 0 radical (unpaired) electrons. The summed E-state index contributed by atoms with van der Waals surface area (Å²) in [5.41, 5.74) is 3.35. The van der Waals surface area contributed by atoms with Crippen LogP contribution in [0.1, 0.15) is 27.9 Å². The second kappa shape index (κ2) is 10.9. The highest BCUT2D eigenvalue weighted by atomic mass is 32.2. The smallest absolute Gasteiger partial charge is 0.262 e. The van der Waals surface area contributed by atoms with E-state index in [1.807, 2.05) is 4.90 Å². The molecule has 3 aromatic carbocycles. The van der Waals surface area contributed by atoms with Crippen LogP contribution in [0.15, 0.2) is 77.7 Å². The Hall–Kier alpha value is -3.36. The van der Waals surface area contributed by atoms with Gasteiger partial charge in [-0.05, 0) is 55.3 Å². The number of carbonyl (C=O) groups excluding carboxylic acids is 1. The van der Waals surface area contributed by atoms with Gasteiger partial charge in [-0.15, -0.1) is 0 Å². The topological polar surface area (TPSA) is 78.9 Å². The Kier molecular flexibility index (Phi) is 7.73. The van der Waals surface area contributed by atoms with Crippen LogP contribution in [0.5, 0.6) is 5.75 Å². The van der Waals surface area contributed by atoms with E-state index in [9.17, 15) is 13.2 Å². The van der Waals surface area contributed by atoms with Crippen LogP contribution in [-0.4, -0.2) is 57.4 Å². The van der Waals surface area contributed by atoms with Crippen LogP contribution in [0.25, 0.3) is 0 Å². The Morgan fingerprint density at radius 3 is 2.34 bits per heavy atom. The van der Waals surface area contributed by atoms with E-state index in [1.54, 1.807) is 36.4 Å². The van der Waals surface area contributed by atoms with Crippen LogP contribution in [-0.2, 0) is 16.6 Å². The Morgan fingerprint density at radius 1 is 0.914 bits per heavy atom. The Labute approximate surface area is 207 Å². The second-order valence-corrected chi connectivity index (χ2v) is 10.4. The summed E-state index contributed by atoms with van der Waals surface area (Å²) in [5, 5.41) is 0. The summed E-state index contributed by atoms with van der Waals surface area (Å²) in [6.45, 7) is 6.00. The molecular weight excluding hydrogens is 462 g/mol. The van der Waals surface area contributed by atoms with Crippen molar-refractivity contribution in [3.05, 3.63) is 89.5 Å². The fourth-order valence-corrected chi connectivity index (χ4v) is 5.25. The number of benzene rings is 3. The maximum absolute atomic E-state index is 13.1. The van der Waals surface area contributed by atoms with Gasteiger partial charge in [0.15, 0.2) is 0 Å². The van der Waals surface area contributed by atoms with Crippen LogP contribution in [0.3, 0.4) is 0 Å². The van der Waals surface area contributed by atoms with Crippen molar-refractivity contribution >= 4 is 21.6 Å². The summed E-state index contributed by atoms with van der Waals surface area (Å²) >= 11 is 0. The van der Waals surface area contributed by atoms with Crippen molar-refractivity contribution in [1.82, 2.24) is 9.80 Å². The molecule has 0 atom stereocenters. The van der Waals surface area contributed by atoms with Gasteiger partial charge in [0.25, 0.3) is 15.9 Å². The van der Waals surface area contributed by atoms with Gasteiger partial charge in [0, 0.05) is 38.3 Å². The highest BCUT2D eigenvalue weighted by molar-refractivity contribution is 7.92. The van der Waals surface area contributed by atoms with E-state index in [-0.39, 0.29) is 10.8 Å². The van der Waals surface area contributed by atoms with Crippen molar-refractivity contribution in [2.75, 3.05) is 38.0 Å². The molecular formula is C27H31N3O4S. The summed E-state index contributed by atoms with van der Waals surface area (Å²) in [4.78, 5) is 17.4. The number of nitrogens with zero attached hydrogens (tertiary/aromatic N) is 2. The molecule has 1 aliphatic rings. The van der Waals surface area contributed by atoms with E-state index in [0.29, 0.717) is 30.1 Å². The zero-order chi connectivity index (χ0) is 24.8. The first-order valence-corrected chi connectivity index (χ1v) is 13.2. The molecule has 0 unspecified atom stereocenters. The quantitative estimate of drug-likeness (QED) is 0.535. The van der Waals surface area contributed by atoms with Crippen LogP contribution < -0.4 is 9.46 Å². The number of rotatable bonds is 7. The predicted octanol–water partition coefficient (Wildman–Crippen LogP) is 4.15. The predicted molar refractivity (Wildman–Crippen MR) is 137 cm³/mol. The molecule has 1 amide bonds. The summed E-state index contributed by atoms with van der Waals surface area (Å²) < 4.78 is 33.4. The molecule has 1 saturated heterocycles. The molecule has 8 heteroatoms. The summed E-state index contributed by atoms with van der Waals surface area (Å²) in [7, 11) is -2.34. The number of hydrogen-bond donors (Lipinski definition) is 1. The van der Waals surface area contributed by atoms with E-state index in [2.05, 4.69) is 40.8 Å². The minimum Gasteiger partial charge on any atom is -0.495 e. The number of para-hydroxylation sites is 2. The molecule has 184 valence electrons. The van der Waals surface area contributed by atoms with Crippen LogP contribution in [0, 0.1) is 6.92 Å². The number of nitrogens with one attached hydrogen (secondary N) is 1. The third kappa shape index (κ3) is 6.21. The van der Waals surface area contributed by atoms with Gasteiger partial charge in [-0.1, -0.05) is 42.0 Å². The molecule has 0 aromatic heterocycles. The van der Waals surface area contributed by atoms with Crippen LogP contribution in [0.2, 0.25) is 0 Å². The molecule has 1 aliphatic heterocycles. The van der Waals surface area contributed by atoms with E-state index < -0.39 is 10.0 Å². The number of amides is 1. The highest BCUT2D eigenvalue weighted by Crippen LogP contribution is 2.26. The first kappa shape index (κ1) is 24.8. The third-order valence-electron chi connectivity index (χ3n) is 6.17. The number of methoxy groups -OCH3 is 1. The number of hydrogen-bond acceptors (Lipinski definition) is 5. The molecule has 0 bridgehead atoms. The number of carbonyl (C=O) groups is 1. The average molecular weight is 494 g/mol. The van der Waals surface area contributed by atoms with Gasteiger partial charge in [0.1, 0.15) is 5.75 Å². The van der Waals surface area contributed by atoms with Gasteiger partial charge >= 0.3 is 0 Å². The Morgan fingerprint density at radius 2 is 1.63 bits per heavy atom. The monoisotopic (exact) mass is 493 g/mol. The zero-order valence-corrected chi connectivity index (χ0v) is 20.9. The minimum absolute atomic E-state index is 0.0798. The van der Waals surface area contributed by atoms with E-state index in [1.165, 1.54) is 30.4 Å². The van der Waals surface area contributed by atoms with Crippen LogP contribution >= 0.6 is 0 Å². The van der Waals surface area contributed by atoms with Gasteiger partial charge in [-0.25, -0.2) is 8.42 Å². The van der Waals surface area contributed by atoms with Crippen LogP contribution in [0.4, 0.5) is 5.69 Å². The van der Waals surface area contributed by atoms with Crippen molar-refractivity contribution in [2.45, 2.75) is 24.8 Å². The lowest BCUT2D eigenvalue weighted by molar-refractivity contribution is 0.0761. The van der Waals surface area contributed by atoms with Gasteiger partial charge in [-0.2, -0.15) is 0 Å². The number of sulfonamides is 1. The number of ether oxygens (including phenoxy) is 1. The molecule has 1 fully saturated rings. The van der Waals surface area contributed by atoms with Gasteiger partial charge < -0.3 is 9.64 Å². The molecule has 0 aliphatic carbocycles. The largest absolute Gasteiger partial charge is 0.495 e. The van der Waals surface area contributed by atoms with E-state index in [0.717, 1.165) is 26.1 Å². The average Bonchev–Trinajstić information content (AvgIpc) is 3.11. The standard InChI is InChI=1S/C27H31N3O4S/c1-21-8-10-22(11-9-21)20-29-16-5-17-30(19-18-29)27(31)23-12-14-24(15-13-23)35(32,33)28-25-6-3-4-7-26(25)34-2/h3-4,6-15,28H,5,16-20H2,1-2H3. The lowest BCUT2D eigenvalue weighted by Gasteiger charge is -2.22. The van der Waals surface area contributed by atoms with Gasteiger partial charge in [0.2, 0.25) is 0 Å². The fraction of sp³-hybridized carbons (Fsp3) is 0.296. The molecule has 35 heavy (non-hydrogen) atoms. The number of aryl methyl sites for hydroxylation is 1. The molecule has 1 heterocycles. The Balaban J connectivity index is 1.39. The maximum atomic E-state index is 13.1. The van der Waals surface area contributed by atoms with Gasteiger partial charge in [0.05, 0.1) is 17.7 Å². The van der Waals surface area contributed by atoms with Crippen molar-refractivity contribution < 1.29 is 17.9 Å². The van der Waals surface area contributed by atoms with Crippen molar-refractivity contribution in [3.8, 4) is 5.75 Å². The molecule has 7 nitrogen and oxygen atoms in total. The number of anilines is 1. The lowest BCUT2D eigenvalue weighted by Crippen LogP contribution is -2.35. The van der Waals surface area contributed by atoms with Crippen molar-refractivity contribution in [1.29, 1.82) is 0 Å². The van der Waals surface area contributed by atoms with E-state index in [4.69, 9.17) is 4.74 Å². The first-order valence-electron chi connectivity index (χ1n) is 11.7. The first-order chi connectivity index (χ1) is 16.9. The second-order valence-electron chi connectivity index (χ2n) is 8.74. The summed E-state index contributed by atoms with van der Waals surface area (Å²) in [6, 6.07) is 21.5. The molecule has 4 rings (SSSR count). The normalized spacial score (nSPS) is 14.9. The molecule has 1 N–H and O–H groups in total. The Bertz CT molecular complexity index is 1260. The molecule has 0 spiro atoms. The van der Waals surface area contributed by atoms with Crippen molar-refractivity contribution in [3.63, 3.8) is 0 Å². The molecule has 0 saturated carbocycles. The SMILES string of the molecule is COc1ccccc1NS(=O)(=O)c1ccc(C(=O)N2CCCN(Cc3ccc(C)cc3)CC2)cc1. The molecule has 3 aromatic rings. The summed E-state index contributed by atoms with van der Waals surface area (Å²) in [6.07, 6.45) is 0.896. The summed E-state index contributed by atoms with van der Waals surface area (Å²) in [5.74, 6) is 0.351. The maximum Gasteiger partial charge on any atom is 0.262 e. The minimum atomic E-state index is -3.82. The third-order valence-corrected chi connectivity index (χ3v) is 7.55. The van der Waals surface area contributed by atoms with E-state index >= 15 is 0 Å². The fourth-order valence-electron chi connectivity index (χ4n) is 4.18.